The highest BCUT2D eigenvalue weighted by Gasteiger charge is 2.45. The standard InChI is InChI=1S/C17H24N2O/c1-12(2)17(7-8-17)11-19-16(20)9-13-10-18-15-6-4-3-5-14(13)15/h3-6,12-13,18H,7-11H2,1-2H3,(H,19,20). The number of amides is 1. The minimum atomic E-state index is 0.195. The minimum absolute atomic E-state index is 0.195. The molecule has 2 aliphatic rings. The Labute approximate surface area is 121 Å². The van der Waals surface area contributed by atoms with E-state index in [4.69, 9.17) is 0 Å². The molecule has 0 radical (unpaired) electrons. The molecule has 20 heavy (non-hydrogen) atoms. The van der Waals surface area contributed by atoms with E-state index in [1.54, 1.807) is 0 Å². The molecule has 1 atom stereocenters. The summed E-state index contributed by atoms with van der Waals surface area (Å²) in [6.45, 7) is 6.25. The monoisotopic (exact) mass is 272 g/mol. The van der Waals surface area contributed by atoms with Crippen LogP contribution in [0.3, 0.4) is 0 Å². The number of hydrogen-bond acceptors (Lipinski definition) is 2. The fourth-order valence-corrected chi connectivity index (χ4v) is 3.23. The van der Waals surface area contributed by atoms with Crippen LogP contribution < -0.4 is 10.6 Å². The van der Waals surface area contributed by atoms with Gasteiger partial charge in [-0.1, -0.05) is 32.0 Å². The van der Waals surface area contributed by atoms with Crippen LogP contribution in [0.4, 0.5) is 5.69 Å². The van der Waals surface area contributed by atoms with Gasteiger partial charge in [0, 0.05) is 31.1 Å². The van der Waals surface area contributed by atoms with Crippen molar-refractivity contribution in [1.29, 1.82) is 0 Å². The lowest BCUT2D eigenvalue weighted by Gasteiger charge is -2.20. The molecule has 0 bridgehead atoms. The summed E-state index contributed by atoms with van der Waals surface area (Å²) in [6.07, 6.45) is 3.12. The van der Waals surface area contributed by atoms with Crippen molar-refractivity contribution in [2.45, 2.75) is 39.0 Å². The maximum atomic E-state index is 12.2. The smallest absolute Gasteiger partial charge is 0.220 e. The van der Waals surface area contributed by atoms with Crippen LogP contribution in [0.1, 0.15) is 44.6 Å². The van der Waals surface area contributed by atoms with Crippen molar-refractivity contribution in [3.8, 4) is 0 Å². The Hall–Kier alpha value is -1.51. The number of fused-ring (bicyclic) bond motifs is 1. The van der Waals surface area contributed by atoms with E-state index < -0.39 is 0 Å². The van der Waals surface area contributed by atoms with Crippen molar-refractivity contribution < 1.29 is 4.79 Å². The Balaban J connectivity index is 1.53. The van der Waals surface area contributed by atoms with Crippen molar-refractivity contribution in [3.63, 3.8) is 0 Å². The third kappa shape index (κ3) is 2.54. The highest BCUT2D eigenvalue weighted by Crippen LogP contribution is 2.51. The molecule has 0 spiro atoms. The molecule has 1 aliphatic heterocycles. The minimum Gasteiger partial charge on any atom is -0.384 e. The molecule has 108 valence electrons. The number of carbonyl (C=O) groups is 1. The molecule has 1 saturated carbocycles. The van der Waals surface area contributed by atoms with Gasteiger partial charge in [-0.3, -0.25) is 4.79 Å². The molecule has 0 aromatic heterocycles. The zero-order chi connectivity index (χ0) is 14.2. The van der Waals surface area contributed by atoms with Gasteiger partial charge in [-0.2, -0.15) is 0 Å². The maximum absolute atomic E-state index is 12.2. The summed E-state index contributed by atoms with van der Waals surface area (Å²) in [5, 5.41) is 6.54. The quantitative estimate of drug-likeness (QED) is 0.864. The van der Waals surface area contributed by atoms with E-state index in [0.29, 0.717) is 23.7 Å². The van der Waals surface area contributed by atoms with Crippen LogP contribution in [-0.2, 0) is 4.79 Å². The molecule has 1 aliphatic carbocycles. The summed E-state index contributed by atoms with van der Waals surface area (Å²) in [5.74, 6) is 1.18. The first-order valence-corrected chi connectivity index (χ1v) is 7.70. The van der Waals surface area contributed by atoms with Gasteiger partial charge < -0.3 is 10.6 Å². The van der Waals surface area contributed by atoms with Crippen LogP contribution >= 0.6 is 0 Å². The number of anilines is 1. The lowest BCUT2D eigenvalue weighted by molar-refractivity contribution is -0.121. The summed E-state index contributed by atoms with van der Waals surface area (Å²) < 4.78 is 0. The highest BCUT2D eigenvalue weighted by atomic mass is 16.1. The van der Waals surface area contributed by atoms with Gasteiger partial charge in [-0.15, -0.1) is 0 Å². The molecule has 1 amide bonds. The zero-order valence-electron chi connectivity index (χ0n) is 12.4. The third-order valence-electron chi connectivity index (χ3n) is 5.13. The maximum Gasteiger partial charge on any atom is 0.220 e. The number of carbonyl (C=O) groups excluding carboxylic acids is 1. The number of hydrogen-bond donors (Lipinski definition) is 2. The molecule has 3 nitrogen and oxygen atoms in total. The third-order valence-corrected chi connectivity index (χ3v) is 5.13. The summed E-state index contributed by atoms with van der Waals surface area (Å²) in [6, 6.07) is 8.30. The van der Waals surface area contributed by atoms with Crippen LogP contribution in [0.5, 0.6) is 0 Å². The predicted octanol–water partition coefficient (Wildman–Crippen LogP) is 3.14. The second kappa shape index (κ2) is 5.12. The first-order chi connectivity index (χ1) is 9.61. The van der Waals surface area contributed by atoms with Crippen molar-refractivity contribution in [2.24, 2.45) is 11.3 Å². The van der Waals surface area contributed by atoms with E-state index in [-0.39, 0.29) is 5.91 Å². The second-order valence-corrected chi connectivity index (χ2v) is 6.66. The van der Waals surface area contributed by atoms with E-state index in [2.05, 4.69) is 42.7 Å². The largest absolute Gasteiger partial charge is 0.384 e. The van der Waals surface area contributed by atoms with Gasteiger partial charge in [0.1, 0.15) is 0 Å². The van der Waals surface area contributed by atoms with E-state index >= 15 is 0 Å². The lowest BCUT2D eigenvalue weighted by atomic mass is 9.92. The summed E-state index contributed by atoms with van der Waals surface area (Å²) in [5.41, 5.74) is 2.86. The van der Waals surface area contributed by atoms with Crippen molar-refractivity contribution in [2.75, 3.05) is 18.4 Å². The average molecular weight is 272 g/mol. The SMILES string of the molecule is CC(C)C1(CNC(=O)CC2CNc3ccccc32)CC1. The number of para-hydroxylation sites is 1. The van der Waals surface area contributed by atoms with Crippen molar-refractivity contribution in [3.05, 3.63) is 29.8 Å². The van der Waals surface area contributed by atoms with Crippen molar-refractivity contribution in [1.82, 2.24) is 5.32 Å². The number of rotatable bonds is 5. The molecule has 1 fully saturated rings. The van der Waals surface area contributed by atoms with Gasteiger partial charge >= 0.3 is 0 Å². The van der Waals surface area contributed by atoms with E-state index in [1.165, 1.54) is 24.1 Å². The zero-order valence-corrected chi connectivity index (χ0v) is 12.4. The molecule has 1 unspecified atom stereocenters. The fraction of sp³-hybridized carbons (Fsp3) is 0.588. The highest BCUT2D eigenvalue weighted by molar-refractivity contribution is 5.78. The number of benzene rings is 1. The van der Waals surface area contributed by atoms with Crippen LogP contribution in [0, 0.1) is 11.3 Å². The van der Waals surface area contributed by atoms with Gasteiger partial charge in [0.25, 0.3) is 0 Å². The Bertz CT molecular complexity index is 505. The Morgan fingerprint density at radius 2 is 2.15 bits per heavy atom. The average Bonchev–Trinajstić information content (AvgIpc) is 3.14. The van der Waals surface area contributed by atoms with Gasteiger partial charge in [-0.05, 0) is 35.8 Å². The van der Waals surface area contributed by atoms with Gasteiger partial charge in [0.15, 0.2) is 0 Å². The number of nitrogens with one attached hydrogen (secondary N) is 2. The molecular weight excluding hydrogens is 248 g/mol. The first-order valence-electron chi connectivity index (χ1n) is 7.70. The molecule has 3 heteroatoms. The lowest BCUT2D eigenvalue weighted by Crippen LogP contribution is -2.33. The van der Waals surface area contributed by atoms with Gasteiger partial charge in [-0.25, -0.2) is 0 Å². The molecule has 2 N–H and O–H groups in total. The fourth-order valence-electron chi connectivity index (χ4n) is 3.23. The Morgan fingerprint density at radius 3 is 2.85 bits per heavy atom. The topological polar surface area (TPSA) is 41.1 Å². The van der Waals surface area contributed by atoms with Crippen LogP contribution in [0.25, 0.3) is 0 Å². The summed E-state index contributed by atoms with van der Waals surface area (Å²) in [7, 11) is 0. The molecule has 1 aromatic rings. The van der Waals surface area contributed by atoms with Crippen molar-refractivity contribution >= 4 is 11.6 Å². The Morgan fingerprint density at radius 1 is 1.40 bits per heavy atom. The second-order valence-electron chi connectivity index (χ2n) is 6.66. The summed E-state index contributed by atoms with van der Waals surface area (Å²) in [4.78, 5) is 12.2. The van der Waals surface area contributed by atoms with Gasteiger partial charge in [0.05, 0.1) is 0 Å². The van der Waals surface area contributed by atoms with E-state index in [1.807, 2.05) is 6.07 Å². The summed E-state index contributed by atoms with van der Waals surface area (Å²) >= 11 is 0. The Kier molecular flexibility index (Phi) is 3.45. The molecule has 1 heterocycles. The van der Waals surface area contributed by atoms with Crippen LogP contribution in [0.2, 0.25) is 0 Å². The molecule has 0 saturated heterocycles. The first kappa shape index (κ1) is 13.5. The predicted molar refractivity (Wildman–Crippen MR) is 81.8 cm³/mol. The molecule has 1 aromatic carbocycles. The molecular formula is C17H24N2O. The van der Waals surface area contributed by atoms with Crippen LogP contribution in [0.15, 0.2) is 24.3 Å². The van der Waals surface area contributed by atoms with Gasteiger partial charge in [0.2, 0.25) is 5.91 Å². The van der Waals surface area contributed by atoms with Crippen LogP contribution in [-0.4, -0.2) is 19.0 Å². The normalized spacial score (nSPS) is 22.2. The van der Waals surface area contributed by atoms with E-state index in [9.17, 15) is 4.79 Å². The van der Waals surface area contributed by atoms with E-state index in [0.717, 1.165) is 13.1 Å². The molecule has 3 rings (SSSR count).